The highest BCUT2D eigenvalue weighted by Gasteiger charge is 2.20. The van der Waals surface area contributed by atoms with Gasteiger partial charge in [0.25, 0.3) is 11.8 Å². The molecule has 0 saturated carbocycles. The van der Waals surface area contributed by atoms with Crippen molar-refractivity contribution in [3.63, 3.8) is 0 Å². The van der Waals surface area contributed by atoms with E-state index in [4.69, 9.17) is 18.9 Å². The van der Waals surface area contributed by atoms with Crippen molar-refractivity contribution in [2.75, 3.05) is 35.0 Å². The predicted octanol–water partition coefficient (Wildman–Crippen LogP) is 1.21. The van der Waals surface area contributed by atoms with Gasteiger partial charge in [0.2, 0.25) is 11.5 Å². The number of amides is 2. The van der Waals surface area contributed by atoms with Crippen LogP contribution < -0.4 is 29.7 Å². The van der Waals surface area contributed by atoms with Crippen LogP contribution in [0.4, 0.5) is 5.69 Å². The van der Waals surface area contributed by atoms with Crippen LogP contribution in [0.25, 0.3) is 0 Å². The van der Waals surface area contributed by atoms with Crippen LogP contribution in [-0.2, 0) is 4.79 Å². The van der Waals surface area contributed by atoms with Gasteiger partial charge in [-0.1, -0.05) is 0 Å². The number of nitrogens with one attached hydrogen (secondary N) is 2. The first-order valence-electron chi connectivity index (χ1n) is 9.21. The number of nitro benzene ring substituents is 1. The van der Waals surface area contributed by atoms with E-state index in [2.05, 4.69) is 15.8 Å². The van der Waals surface area contributed by atoms with Crippen LogP contribution in [-0.4, -0.2) is 63.0 Å². The fraction of sp³-hybridized carbons (Fsp3) is 0.250. The lowest BCUT2D eigenvalue weighted by molar-refractivity contribution is -0.386. The van der Waals surface area contributed by atoms with E-state index < -0.39 is 34.7 Å². The Labute approximate surface area is 188 Å². The van der Waals surface area contributed by atoms with Crippen molar-refractivity contribution in [1.82, 2.24) is 10.7 Å². The molecule has 2 aromatic carbocycles. The molecule has 0 bridgehead atoms. The predicted molar refractivity (Wildman–Crippen MR) is 115 cm³/mol. The maximum atomic E-state index is 12.4. The van der Waals surface area contributed by atoms with E-state index in [0.29, 0.717) is 5.75 Å². The summed E-state index contributed by atoms with van der Waals surface area (Å²) in [7, 11) is 5.47. The Morgan fingerprint density at radius 2 is 1.64 bits per heavy atom. The van der Waals surface area contributed by atoms with E-state index >= 15 is 0 Å². The van der Waals surface area contributed by atoms with E-state index in [9.17, 15) is 24.8 Å². The van der Waals surface area contributed by atoms with Gasteiger partial charge in [0, 0.05) is 17.2 Å². The number of carbonyl (C=O) groups is 2. The molecule has 0 aromatic heterocycles. The number of nitrogens with zero attached hydrogens (tertiary/aromatic N) is 2. The number of nitro groups is 1. The highest BCUT2D eigenvalue weighted by atomic mass is 16.6. The molecule has 0 aliphatic heterocycles. The maximum Gasteiger partial charge on any atom is 0.315 e. The molecule has 0 unspecified atom stereocenters. The highest BCUT2D eigenvalue weighted by Crippen LogP contribution is 2.38. The summed E-state index contributed by atoms with van der Waals surface area (Å²) in [6.07, 6.45) is 1.12. The molecule has 2 aromatic rings. The third kappa shape index (κ3) is 6.00. The summed E-state index contributed by atoms with van der Waals surface area (Å²) < 4.78 is 20.4. The van der Waals surface area contributed by atoms with Crippen LogP contribution >= 0.6 is 0 Å². The van der Waals surface area contributed by atoms with Crippen LogP contribution in [0.2, 0.25) is 0 Å². The topological polar surface area (TPSA) is 171 Å². The molecule has 0 radical (unpaired) electrons. The van der Waals surface area contributed by atoms with Crippen molar-refractivity contribution in [2.24, 2.45) is 5.10 Å². The number of phenolic OH excluding ortho intramolecular Hbond substituents is 1. The minimum atomic E-state index is -0.785. The third-order valence-corrected chi connectivity index (χ3v) is 4.23. The van der Waals surface area contributed by atoms with Gasteiger partial charge in [0.1, 0.15) is 0 Å². The summed E-state index contributed by atoms with van der Waals surface area (Å²) >= 11 is 0. The largest absolute Gasteiger partial charge is 0.500 e. The van der Waals surface area contributed by atoms with Crippen LogP contribution in [0.15, 0.2) is 29.4 Å². The zero-order chi connectivity index (χ0) is 24.5. The van der Waals surface area contributed by atoms with E-state index in [-0.39, 0.29) is 28.4 Å². The van der Waals surface area contributed by atoms with Gasteiger partial charge in [-0.3, -0.25) is 19.7 Å². The lowest BCUT2D eigenvalue weighted by Crippen LogP contribution is -2.34. The zero-order valence-corrected chi connectivity index (χ0v) is 18.2. The van der Waals surface area contributed by atoms with Gasteiger partial charge in [0.05, 0.1) is 46.1 Å². The van der Waals surface area contributed by atoms with Crippen LogP contribution in [0.5, 0.6) is 28.7 Å². The summed E-state index contributed by atoms with van der Waals surface area (Å²) in [5.41, 5.74) is 1.96. The standard InChI is InChI=1S/C20H22N4O9/c1-30-14-6-11(5-13(18(14)26)24(28)29)9-22-23-17(25)10-21-20(27)12-7-15(31-2)19(33-4)16(8-12)32-3/h5-9,26H,10H2,1-4H3,(H,21,27)(H,23,25)/b22-9-. The molecule has 3 N–H and O–H groups in total. The molecule has 2 rings (SSSR count). The summed E-state index contributed by atoms with van der Waals surface area (Å²) in [5.74, 6) is -1.13. The molecule has 0 fully saturated rings. The smallest absolute Gasteiger partial charge is 0.315 e. The lowest BCUT2D eigenvalue weighted by atomic mass is 10.1. The Kier molecular flexibility index (Phi) is 8.37. The van der Waals surface area contributed by atoms with Crippen molar-refractivity contribution < 1.29 is 38.6 Å². The molecular formula is C20H22N4O9. The average molecular weight is 462 g/mol. The Balaban J connectivity index is 2.02. The van der Waals surface area contributed by atoms with Gasteiger partial charge in [-0.2, -0.15) is 5.10 Å². The minimum Gasteiger partial charge on any atom is -0.500 e. The maximum absolute atomic E-state index is 12.4. The molecule has 2 amide bonds. The van der Waals surface area contributed by atoms with Gasteiger partial charge >= 0.3 is 5.69 Å². The van der Waals surface area contributed by atoms with Gasteiger partial charge in [-0.25, -0.2) is 5.43 Å². The monoisotopic (exact) mass is 462 g/mol. The average Bonchev–Trinajstić information content (AvgIpc) is 2.81. The number of rotatable bonds is 10. The summed E-state index contributed by atoms with van der Waals surface area (Å²) in [6, 6.07) is 5.21. The first-order valence-corrected chi connectivity index (χ1v) is 9.21. The minimum absolute atomic E-state index is 0.130. The third-order valence-electron chi connectivity index (χ3n) is 4.23. The number of benzene rings is 2. The number of ether oxygens (including phenoxy) is 4. The first-order chi connectivity index (χ1) is 15.7. The molecule has 0 heterocycles. The fourth-order valence-corrected chi connectivity index (χ4v) is 2.68. The van der Waals surface area contributed by atoms with Crippen molar-refractivity contribution >= 4 is 23.7 Å². The number of hydrogen-bond acceptors (Lipinski definition) is 10. The van der Waals surface area contributed by atoms with Gasteiger partial charge in [-0.05, 0) is 18.2 Å². The molecule has 176 valence electrons. The molecule has 13 heteroatoms. The lowest BCUT2D eigenvalue weighted by Gasteiger charge is -2.14. The SMILES string of the molecule is COc1cc(/C=N\NC(=O)CNC(=O)c2cc(OC)c(OC)c(OC)c2)cc([N+](=O)[O-])c1O. The molecule has 0 atom stereocenters. The summed E-state index contributed by atoms with van der Waals surface area (Å²) in [5, 5.41) is 26.9. The second-order valence-corrected chi connectivity index (χ2v) is 6.24. The van der Waals surface area contributed by atoms with Crippen LogP contribution in [0.1, 0.15) is 15.9 Å². The van der Waals surface area contributed by atoms with Crippen molar-refractivity contribution in [1.29, 1.82) is 0 Å². The Morgan fingerprint density at radius 3 is 2.15 bits per heavy atom. The molecule has 0 aliphatic rings. The van der Waals surface area contributed by atoms with Crippen molar-refractivity contribution in [3.05, 3.63) is 45.5 Å². The van der Waals surface area contributed by atoms with Gasteiger partial charge < -0.3 is 29.4 Å². The van der Waals surface area contributed by atoms with Gasteiger partial charge in [-0.15, -0.1) is 0 Å². The van der Waals surface area contributed by atoms with E-state index in [0.717, 1.165) is 12.3 Å². The Morgan fingerprint density at radius 1 is 1.03 bits per heavy atom. The van der Waals surface area contributed by atoms with E-state index in [1.807, 2.05) is 0 Å². The molecule has 13 nitrogen and oxygen atoms in total. The summed E-state index contributed by atoms with van der Waals surface area (Å²) in [4.78, 5) is 34.6. The number of phenols is 1. The second-order valence-electron chi connectivity index (χ2n) is 6.24. The number of aromatic hydroxyl groups is 1. The molecular weight excluding hydrogens is 440 g/mol. The van der Waals surface area contributed by atoms with Crippen molar-refractivity contribution in [2.45, 2.75) is 0 Å². The molecule has 0 aliphatic carbocycles. The number of methoxy groups -OCH3 is 4. The number of carbonyl (C=O) groups excluding carboxylic acids is 2. The van der Waals surface area contributed by atoms with E-state index in [1.54, 1.807) is 0 Å². The molecule has 33 heavy (non-hydrogen) atoms. The summed E-state index contributed by atoms with van der Waals surface area (Å²) in [6.45, 7) is -0.411. The van der Waals surface area contributed by atoms with Crippen LogP contribution in [0, 0.1) is 10.1 Å². The number of hydrazone groups is 1. The second kappa shape index (κ2) is 11.2. The van der Waals surface area contributed by atoms with Crippen molar-refractivity contribution in [3.8, 4) is 28.7 Å². The van der Waals surface area contributed by atoms with E-state index in [1.165, 1.54) is 46.6 Å². The quantitative estimate of drug-likeness (QED) is 0.267. The Bertz CT molecular complexity index is 1060. The molecule has 0 saturated heterocycles. The first kappa shape index (κ1) is 24.7. The molecule has 0 spiro atoms. The van der Waals surface area contributed by atoms with Crippen LogP contribution in [0.3, 0.4) is 0 Å². The highest BCUT2D eigenvalue weighted by molar-refractivity contribution is 5.97. The fourth-order valence-electron chi connectivity index (χ4n) is 2.68. The zero-order valence-electron chi connectivity index (χ0n) is 18.2. The number of hydrogen-bond donors (Lipinski definition) is 3. The Hall–Kier alpha value is -4.55. The van der Waals surface area contributed by atoms with Gasteiger partial charge in [0.15, 0.2) is 17.2 Å². The normalized spacial score (nSPS) is 10.4.